The average Bonchev–Trinajstić information content (AvgIpc) is 2.66. The van der Waals surface area contributed by atoms with Crippen molar-refractivity contribution in [3.05, 3.63) is 46.1 Å². The number of benzene rings is 1. The standard InChI is InChI=1S/C13H14ClN3OS/c1-7-8(2)18-12(17-7)6-16-11-5-9(14)3-4-10(11)13(15)19/h3-5,16H,6H2,1-2H3,(H2,15,19). The van der Waals surface area contributed by atoms with Gasteiger partial charge in [-0.25, -0.2) is 4.98 Å². The molecular weight excluding hydrogens is 282 g/mol. The van der Waals surface area contributed by atoms with Crippen molar-refractivity contribution in [1.82, 2.24) is 4.98 Å². The third-order valence-corrected chi connectivity index (χ3v) is 3.20. The molecule has 2 rings (SSSR count). The molecule has 0 aliphatic heterocycles. The molecule has 0 fully saturated rings. The van der Waals surface area contributed by atoms with Gasteiger partial charge in [-0.2, -0.15) is 0 Å². The lowest BCUT2D eigenvalue weighted by Crippen LogP contribution is -2.13. The number of oxazole rings is 1. The molecule has 0 amide bonds. The van der Waals surface area contributed by atoms with E-state index >= 15 is 0 Å². The van der Waals surface area contributed by atoms with Gasteiger partial charge in [0.25, 0.3) is 0 Å². The summed E-state index contributed by atoms with van der Waals surface area (Å²) in [5.41, 5.74) is 8.08. The summed E-state index contributed by atoms with van der Waals surface area (Å²) in [6.07, 6.45) is 0. The van der Waals surface area contributed by atoms with Crippen LogP contribution in [0, 0.1) is 13.8 Å². The Hall–Kier alpha value is -1.59. The van der Waals surface area contributed by atoms with Crippen molar-refractivity contribution in [3.63, 3.8) is 0 Å². The zero-order chi connectivity index (χ0) is 14.0. The van der Waals surface area contributed by atoms with Crippen molar-refractivity contribution >= 4 is 34.5 Å². The number of hydrogen-bond acceptors (Lipinski definition) is 4. The molecule has 0 aliphatic carbocycles. The zero-order valence-electron chi connectivity index (χ0n) is 10.7. The lowest BCUT2D eigenvalue weighted by molar-refractivity contribution is 0.478. The second-order valence-electron chi connectivity index (χ2n) is 4.16. The fourth-order valence-corrected chi connectivity index (χ4v) is 2.01. The summed E-state index contributed by atoms with van der Waals surface area (Å²) < 4.78 is 5.50. The summed E-state index contributed by atoms with van der Waals surface area (Å²) in [5, 5.41) is 3.80. The lowest BCUT2D eigenvalue weighted by atomic mass is 10.2. The third-order valence-electron chi connectivity index (χ3n) is 2.75. The Bertz CT molecular complexity index is 605. The second-order valence-corrected chi connectivity index (χ2v) is 5.03. The minimum absolute atomic E-state index is 0.318. The monoisotopic (exact) mass is 295 g/mol. The van der Waals surface area contributed by atoms with E-state index in [1.54, 1.807) is 18.2 Å². The van der Waals surface area contributed by atoms with E-state index in [4.69, 9.17) is 34.0 Å². The van der Waals surface area contributed by atoms with Gasteiger partial charge >= 0.3 is 0 Å². The predicted molar refractivity (Wildman–Crippen MR) is 80.6 cm³/mol. The summed E-state index contributed by atoms with van der Waals surface area (Å²) in [7, 11) is 0. The third kappa shape index (κ3) is 3.24. The first-order valence-corrected chi connectivity index (χ1v) is 6.52. The molecule has 6 heteroatoms. The number of thiocarbonyl (C=S) groups is 1. The maximum atomic E-state index is 5.97. The maximum Gasteiger partial charge on any atom is 0.213 e. The summed E-state index contributed by atoms with van der Waals surface area (Å²) in [6, 6.07) is 5.32. The maximum absolute atomic E-state index is 5.97. The van der Waals surface area contributed by atoms with Crippen molar-refractivity contribution in [2.24, 2.45) is 5.73 Å². The smallest absolute Gasteiger partial charge is 0.213 e. The molecule has 0 atom stereocenters. The van der Waals surface area contributed by atoms with E-state index in [1.165, 1.54) is 0 Å². The molecule has 0 unspecified atom stereocenters. The fraction of sp³-hybridized carbons (Fsp3) is 0.231. The van der Waals surface area contributed by atoms with Crippen LogP contribution in [0.5, 0.6) is 0 Å². The number of rotatable bonds is 4. The Kier molecular flexibility index (Phi) is 4.07. The SMILES string of the molecule is Cc1nc(CNc2cc(Cl)ccc2C(N)=S)oc1C. The van der Waals surface area contributed by atoms with Gasteiger partial charge in [0.15, 0.2) is 0 Å². The molecule has 1 aromatic carbocycles. The van der Waals surface area contributed by atoms with Crippen LogP contribution in [-0.4, -0.2) is 9.97 Å². The molecule has 1 heterocycles. The van der Waals surface area contributed by atoms with Gasteiger partial charge in [-0.05, 0) is 32.0 Å². The van der Waals surface area contributed by atoms with Crippen LogP contribution in [0.4, 0.5) is 5.69 Å². The van der Waals surface area contributed by atoms with Gasteiger partial charge in [0.2, 0.25) is 5.89 Å². The second kappa shape index (κ2) is 5.59. The highest BCUT2D eigenvalue weighted by Crippen LogP contribution is 2.22. The van der Waals surface area contributed by atoms with Crippen LogP contribution in [0.2, 0.25) is 5.02 Å². The summed E-state index contributed by atoms with van der Waals surface area (Å²) >= 11 is 11.0. The summed E-state index contributed by atoms with van der Waals surface area (Å²) in [4.78, 5) is 4.61. The van der Waals surface area contributed by atoms with E-state index < -0.39 is 0 Å². The van der Waals surface area contributed by atoms with E-state index in [2.05, 4.69) is 10.3 Å². The van der Waals surface area contributed by atoms with E-state index in [1.807, 2.05) is 13.8 Å². The topological polar surface area (TPSA) is 64.1 Å². The van der Waals surface area contributed by atoms with Crippen LogP contribution in [0.1, 0.15) is 22.9 Å². The highest BCUT2D eigenvalue weighted by molar-refractivity contribution is 7.80. The van der Waals surface area contributed by atoms with E-state index in [0.29, 0.717) is 22.4 Å². The Morgan fingerprint density at radius 2 is 2.21 bits per heavy atom. The van der Waals surface area contributed by atoms with Crippen LogP contribution >= 0.6 is 23.8 Å². The molecule has 0 spiro atoms. The molecule has 0 bridgehead atoms. The Balaban J connectivity index is 2.19. The molecule has 0 saturated heterocycles. The number of anilines is 1. The Labute approximate surface area is 122 Å². The number of nitrogens with one attached hydrogen (secondary N) is 1. The van der Waals surface area contributed by atoms with Crippen LogP contribution in [0.25, 0.3) is 0 Å². The zero-order valence-corrected chi connectivity index (χ0v) is 12.2. The van der Waals surface area contributed by atoms with Crippen molar-refractivity contribution in [2.75, 3.05) is 5.32 Å². The molecule has 0 saturated carbocycles. The molecule has 19 heavy (non-hydrogen) atoms. The summed E-state index contributed by atoms with van der Waals surface area (Å²) in [6.45, 7) is 4.23. The number of hydrogen-bond donors (Lipinski definition) is 2. The number of nitrogens with two attached hydrogens (primary N) is 1. The molecule has 3 N–H and O–H groups in total. The van der Waals surface area contributed by atoms with Crippen molar-refractivity contribution in [3.8, 4) is 0 Å². The minimum Gasteiger partial charge on any atom is -0.444 e. The quantitative estimate of drug-likeness (QED) is 0.848. The van der Waals surface area contributed by atoms with Gasteiger partial charge in [0.05, 0.1) is 12.2 Å². The number of halogens is 1. The number of aromatic nitrogens is 1. The fourth-order valence-electron chi connectivity index (χ4n) is 1.66. The van der Waals surface area contributed by atoms with Crippen LogP contribution in [-0.2, 0) is 6.54 Å². The van der Waals surface area contributed by atoms with E-state index in [0.717, 1.165) is 22.7 Å². The molecule has 0 radical (unpaired) electrons. The van der Waals surface area contributed by atoms with Gasteiger partial charge in [-0.15, -0.1) is 0 Å². The first-order valence-electron chi connectivity index (χ1n) is 5.73. The van der Waals surface area contributed by atoms with Crippen molar-refractivity contribution in [1.29, 1.82) is 0 Å². The molecule has 2 aromatic rings. The highest BCUT2D eigenvalue weighted by atomic mass is 35.5. The first kappa shape index (κ1) is 13.8. The minimum atomic E-state index is 0.318. The van der Waals surface area contributed by atoms with Gasteiger partial charge in [0, 0.05) is 16.3 Å². The van der Waals surface area contributed by atoms with Gasteiger partial charge in [-0.3, -0.25) is 0 Å². The van der Waals surface area contributed by atoms with Crippen LogP contribution in [0.3, 0.4) is 0 Å². The molecule has 100 valence electrons. The normalized spacial score (nSPS) is 10.5. The number of aryl methyl sites for hydroxylation is 2. The van der Waals surface area contributed by atoms with Crippen molar-refractivity contribution in [2.45, 2.75) is 20.4 Å². The molecule has 4 nitrogen and oxygen atoms in total. The van der Waals surface area contributed by atoms with Gasteiger partial charge < -0.3 is 15.5 Å². The highest BCUT2D eigenvalue weighted by Gasteiger charge is 2.09. The first-order chi connectivity index (χ1) is 8.97. The van der Waals surface area contributed by atoms with Crippen LogP contribution < -0.4 is 11.1 Å². The van der Waals surface area contributed by atoms with Crippen LogP contribution in [0.15, 0.2) is 22.6 Å². The van der Waals surface area contributed by atoms with E-state index in [-0.39, 0.29) is 0 Å². The Morgan fingerprint density at radius 1 is 1.47 bits per heavy atom. The van der Waals surface area contributed by atoms with Gasteiger partial charge in [0.1, 0.15) is 10.7 Å². The van der Waals surface area contributed by atoms with E-state index in [9.17, 15) is 0 Å². The molecular formula is C13H14ClN3OS. The Morgan fingerprint density at radius 3 is 2.79 bits per heavy atom. The number of nitrogens with zero attached hydrogens (tertiary/aromatic N) is 1. The largest absolute Gasteiger partial charge is 0.444 e. The lowest BCUT2D eigenvalue weighted by Gasteiger charge is -2.10. The predicted octanol–water partition coefficient (Wildman–Crippen LogP) is 3.19. The molecule has 1 aromatic heterocycles. The summed E-state index contributed by atoms with van der Waals surface area (Å²) in [5.74, 6) is 1.43. The van der Waals surface area contributed by atoms with Gasteiger partial charge in [-0.1, -0.05) is 23.8 Å². The average molecular weight is 296 g/mol. The van der Waals surface area contributed by atoms with Crippen molar-refractivity contribution < 1.29 is 4.42 Å². The molecule has 0 aliphatic rings.